The second kappa shape index (κ2) is 11.3. The van der Waals surface area contributed by atoms with Crippen LogP contribution in [0.15, 0.2) is 54.3 Å². The summed E-state index contributed by atoms with van der Waals surface area (Å²) in [4.78, 5) is 11.0. The zero-order valence-electron chi connectivity index (χ0n) is 14.9. The molecule has 4 nitrogen and oxygen atoms in total. The van der Waals surface area contributed by atoms with Gasteiger partial charge in [0, 0.05) is 5.57 Å². The molecule has 0 N–H and O–H groups in total. The van der Waals surface area contributed by atoms with Crippen molar-refractivity contribution < 1.29 is 19.1 Å². The van der Waals surface area contributed by atoms with E-state index in [0.29, 0.717) is 16.6 Å². The lowest BCUT2D eigenvalue weighted by Gasteiger charge is -2.33. The van der Waals surface area contributed by atoms with Gasteiger partial charge in [-0.05, 0) is 43.5 Å². The number of likely N-dealkylation sites (N-methyl/N-ethyl adjacent to an activating group) is 1. The highest BCUT2D eigenvalue weighted by Gasteiger charge is 2.22. The molecule has 0 saturated heterocycles. The van der Waals surface area contributed by atoms with E-state index >= 15 is 0 Å². The average Bonchev–Trinajstić information content (AvgIpc) is 2.58. The quantitative estimate of drug-likeness (QED) is 0.308. The van der Waals surface area contributed by atoms with Crippen molar-refractivity contribution in [2.24, 2.45) is 0 Å². The average molecular weight is 457 g/mol. The minimum absolute atomic E-state index is 0. The topological polar surface area (TPSA) is 49.4 Å². The Morgan fingerprint density at radius 3 is 2.52 bits per heavy atom. The minimum atomic E-state index is -1.05. The number of halogens is 1. The van der Waals surface area contributed by atoms with Gasteiger partial charge in [-0.15, -0.1) is 24.0 Å². The van der Waals surface area contributed by atoms with Crippen LogP contribution in [0.3, 0.4) is 0 Å². The number of nitrogens with zero attached hydrogens (tertiary/aromatic N) is 1. The van der Waals surface area contributed by atoms with E-state index in [0.717, 1.165) is 44.6 Å². The summed E-state index contributed by atoms with van der Waals surface area (Å²) in [6.45, 7) is 2.24. The van der Waals surface area contributed by atoms with E-state index in [4.69, 9.17) is 4.74 Å². The van der Waals surface area contributed by atoms with E-state index in [1.807, 2.05) is 36.4 Å². The highest BCUT2D eigenvalue weighted by molar-refractivity contribution is 14.0. The number of carbonyl (C=O) groups is 1. The second-order valence-corrected chi connectivity index (χ2v) is 6.61. The summed E-state index contributed by atoms with van der Waals surface area (Å²) >= 11 is 0. The molecule has 0 saturated carbocycles. The Kier molecular flexibility index (Phi) is 9.82. The number of quaternary nitrogens is 1. The van der Waals surface area contributed by atoms with Gasteiger partial charge in [0.25, 0.3) is 0 Å². The molecule has 1 aromatic carbocycles. The largest absolute Gasteiger partial charge is 0.545 e. The first-order valence-corrected chi connectivity index (χ1v) is 8.71. The number of rotatable bonds is 10. The molecule has 1 aliphatic heterocycles. The third-order valence-electron chi connectivity index (χ3n) is 4.36. The number of benzene rings is 1. The molecule has 1 unspecified atom stereocenters. The zero-order chi connectivity index (χ0) is 17.3. The van der Waals surface area contributed by atoms with Gasteiger partial charge in [0.05, 0.1) is 32.4 Å². The number of unbranched alkanes of at least 4 members (excludes halogenated alkanes) is 4. The standard InChI is InChI=1S/C20H27NO3.HI/c1-21(15-10-11-18(17-21)20(22)23)14-8-3-2-4-9-16-24-19-12-6-5-7-13-19;/h5-7,10-13,15H,2-4,8-9,14,16-17H2,1H3;1H. The van der Waals surface area contributed by atoms with E-state index < -0.39 is 5.97 Å². The number of carboxylic acids is 1. The maximum absolute atomic E-state index is 11.0. The van der Waals surface area contributed by atoms with E-state index in [-0.39, 0.29) is 24.0 Å². The number of allylic oxidation sites excluding steroid dienone is 2. The van der Waals surface area contributed by atoms with Gasteiger partial charge < -0.3 is 14.6 Å². The van der Waals surface area contributed by atoms with Crippen LogP contribution >= 0.6 is 24.0 Å². The number of carboxylic acid groups (broad SMARTS) is 1. The maximum atomic E-state index is 11.0. The first-order chi connectivity index (χ1) is 11.6. The third kappa shape index (κ3) is 8.05. The summed E-state index contributed by atoms with van der Waals surface area (Å²) in [6.07, 6.45) is 11.2. The molecule has 0 fully saturated rings. The fourth-order valence-electron chi connectivity index (χ4n) is 2.96. The molecular formula is C20H28INO3. The smallest absolute Gasteiger partial charge is 0.119 e. The predicted octanol–water partition coefficient (Wildman–Crippen LogP) is 3.28. The number of carbonyl (C=O) groups excluding carboxylic acids is 1. The Hall–Kier alpha value is -1.34. The van der Waals surface area contributed by atoms with Crippen molar-refractivity contribution in [3.05, 3.63) is 54.3 Å². The molecule has 0 amide bonds. The summed E-state index contributed by atoms with van der Waals surface area (Å²) in [5.74, 6) is -0.120. The van der Waals surface area contributed by atoms with Crippen LogP contribution in [0.25, 0.3) is 0 Å². The highest BCUT2D eigenvalue weighted by Crippen LogP contribution is 2.17. The molecule has 2 rings (SSSR count). The van der Waals surface area contributed by atoms with Crippen molar-refractivity contribution in [2.75, 3.05) is 26.7 Å². The molecule has 0 bridgehead atoms. The number of aliphatic carboxylic acids is 1. The van der Waals surface area contributed by atoms with Crippen LogP contribution in [0.4, 0.5) is 0 Å². The summed E-state index contributed by atoms with van der Waals surface area (Å²) in [7, 11) is 2.07. The van der Waals surface area contributed by atoms with Crippen molar-refractivity contribution in [2.45, 2.75) is 32.1 Å². The third-order valence-corrected chi connectivity index (χ3v) is 4.36. The number of hydrogen-bond acceptors (Lipinski definition) is 3. The van der Waals surface area contributed by atoms with E-state index in [9.17, 15) is 9.90 Å². The SMILES string of the molecule is C[N+]1(CCCCCCCOc2ccccc2)C=CC=C(C(=O)[O-])C1.I. The van der Waals surface area contributed by atoms with Gasteiger partial charge in [0.1, 0.15) is 12.3 Å². The summed E-state index contributed by atoms with van der Waals surface area (Å²) in [5, 5.41) is 11.0. The van der Waals surface area contributed by atoms with Crippen LogP contribution in [0, 0.1) is 0 Å². The Bertz CT molecular complexity index is 586. The zero-order valence-corrected chi connectivity index (χ0v) is 17.2. The fourth-order valence-corrected chi connectivity index (χ4v) is 2.96. The molecule has 1 heterocycles. The molecule has 0 aliphatic carbocycles. The number of ether oxygens (including phenoxy) is 1. The van der Waals surface area contributed by atoms with Crippen LogP contribution < -0.4 is 9.84 Å². The van der Waals surface area contributed by atoms with E-state index in [1.54, 1.807) is 6.08 Å². The summed E-state index contributed by atoms with van der Waals surface area (Å²) in [5.41, 5.74) is 0.387. The number of para-hydroxylation sites is 1. The first kappa shape index (κ1) is 21.7. The molecule has 0 radical (unpaired) electrons. The van der Waals surface area contributed by atoms with Gasteiger partial charge in [-0.25, -0.2) is 0 Å². The van der Waals surface area contributed by atoms with Gasteiger partial charge >= 0.3 is 0 Å². The predicted molar refractivity (Wildman–Crippen MR) is 109 cm³/mol. The highest BCUT2D eigenvalue weighted by atomic mass is 127. The summed E-state index contributed by atoms with van der Waals surface area (Å²) in [6, 6.07) is 9.90. The molecule has 0 aromatic heterocycles. The lowest BCUT2D eigenvalue weighted by atomic mass is 10.1. The minimum Gasteiger partial charge on any atom is -0.545 e. The Balaban J connectivity index is 0.00000312. The first-order valence-electron chi connectivity index (χ1n) is 8.71. The normalized spacial score (nSPS) is 19.0. The van der Waals surface area contributed by atoms with Crippen molar-refractivity contribution in [1.29, 1.82) is 0 Å². The van der Waals surface area contributed by atoms with Gasteiger partial charge in [0.2, 0.25) is 0 Å². The summed E-state index contributed by atoms with van der Waals surface area (Å²) < 4.78 is 6.33. The van der Waals surface area contributed by atoms with Crippen molar-refractivity contribution in [3.8, 4) is 5.75 Å². The van der Waals surface area contributed by atoms with Crippen molar-refractivity contribution in [1.82, 2.24) is 0 Å². The molecule has 1 aromatic rings. The monoisotopic (exact) mass is 457 g/mol. The van der Waals surface area contributed by atoms with Crippen LogP contribution in [0.2, 0.25) is 0 Å². The van der Waals surface area contributed by atoms with Crippen LogP contribution in [-0.2, 0) is 4.79 Å². The van der Waals surface area contributed by atoms with Crippen LogP contribution in [0.1, 0.15) is 32.1 Å². The molecule has 138 valence electrons. The molecule has 1 atom stereocenters. The lowest BCUT2D eigenvalue weighted by Crippen LogP contribution is -2.45. The Labute approximate surface area is 167 Å². The molecule has 25 heavy (non-hydrogen) atoms. The second-order valence-electron chi connectivity index (χ2n) is 6.61. The van der Waals surface area contributed by atoms with E-state index in [2.05, 4.69) is 13.2 Å². The molecule has 0 spiro atoms. The van der Waals surface area contributed by atoms with Crippen LogP contribution in [-0.4, -0.2) is 37.2 Å². The number of hydrogen-bond donors (Lipinski definition) is 0. The molecular weight excluding hydrogens is 429 g/mol. The van der Waals surface area contributed by atoms with Gasteiger partial charge in [-0.2, -0.15) is 0 Å². The van der Waals surface area contributed by atoms with Crippen molar-refractivity contribution >= 4 is 29.9 Å². The van der Waals surface area contributed by atoms with Gasteiger partial charge in [-0.3, -0.25) is 4.48 Å². The Morgan fingerprint density at radius 2 is 1.80 bits per heavy atom. The van der Waals surface area contributed by atoms with Gasteiger partial charge in [-0.1, -0.05) is 31.0 Å². The van der Waals surface area contributed by atoms with Gasteiger partial charge in [0.15, 0.2) is 0 Å². The van der Waals surface area contributed by atoms with Crippen LogP contribution in [0.5, 0.6) is 5.75 Å². The molecule has 5 heteroatoms. The van der Waals surface area contributed by atoms with E-state index in [1.165, 1.54) is 6.42 Å². The van der Waals surface area contributed by atoms with Crippen molar-refractivity contribution in [3.63, 3.8) is 0 Å². The lowest BCUT2D eigenvalue weighted by molar-refractivity contribution is -0.855. The molecule has 1 aliphatic rings. The fraction of sp³-hybridized carbons (Fsp3) is 0.450. The maximum Gasteiger partial charge on any atom is 0.119 e. The Morgan fingerprint density at radius 1 is 1.12 bits per heavy atom.